The molecule has 1 unspecified atom stereocenters. The first kappa shape index (κ1) is 10.9. The van der Waals surface area contributed by atoms with E-state index < -0.39 is 0 Å². The molecule has 0 aliphatic carbocycles. The first-order chi connectivity index (χ1) is 7.33. The summed E-state index contributed by atoms with van der Waals surface area (Å²) < 4.78 is 0. The molecule has 1 aromatic rings. The first-order valence-corrected chi connectivity index (χ1v) is 5.89. The molecule has 0 amide bonds. The van der Waals surface area contributed by atoms with Crippen LogP contribution in [0.2, 0.25) is 5.02 Å². The molecule has 0 fully saturated rings. The van der Waals surface area contributed by atoms with E-state index in [1.54, 1.807) is 0 Å². The van der Waals surface area contributed by atoms with Gasteiger partial charge in [0.2, 0.25) is 0 Å². The van der Waals surface area contributed by atoms with Crippen LogP contribution in [0.25, 0.3) is 0 Å². The Labute approximate surface area is 96.0 Å². The second-order valence-electron chi connectivity index (χ2n) is 3.94. The minimum atomic E-state index is 0.549. The van der Waals surface area contributed by atoms with E-state index in [0.717, 1.165) is 31.2 Å². The first-order valence-electron chi connectivity index (χ1n) is 5.51. The van der Waals surface area contributed by atoms with Crippen LogP contribution in [0.5, 0.6) is 0 Å². The van der Waals surface area contributed by atoms with Crippen LogP contribution in [0, 0.1) is 0 Å². The van der Waals surface area contributed by atoms with Gasteiger partial charge in [-0.1, -0.05) is 30.7 Å². The van der Waals surface area contributed by atoms with Crippen molar-refractivity contribution in [1.82, 2.24) is 10.6 Å². The number of benzene rings is 1. The van der Waals surface area contributed by atoms with Gasteiger partial charge in [-0.2, -0.15) is 0 Å². The highest BCUT2D eigenvalue weighted by Gasteiger charge is 2.20. The summed E-state index contributed by atoms with van der Waals surface area (Å²) in [4.78, 5) is 0. The molecule has 15 heavy (non-hydrogen) atoms. The molecular formula is C12H17ClN2. The van der Waals surface area contributed by atoms with Gasteiger partial charge in [0.1, 0.15) is 0 Å². The molecule has 0 saturated carbocycles. The smallest absolute Gasteiger partial charge is 0.0453 e. The quantitative estimate of drug-likeness (QED) is 0.822. The molecule has 2 rings (SSSR count). The van der Waals surface area contributed by atoms with Crippen LogP contribution in [0.3, 0.4) is 0 Å². The van der Waals surface area contributed by atoms with Gasteiger partial charge < -0.3 is 10.6 Å². The third-order valence-corrected chi connectivity index (χ3v) is 3.28. The van der Waals surface area contributed by atoms with Crippen LogP contribution < -0.4 is 10.6 Å². The fourth-order valence-corrected chi connectivity index (χ4v) is 2.38. The van der Waals surface area contributed by atoms with Crippen LogP contribution in [0.1, 0.15) is 24.0 Å². The number of hydrogen-bond acceptors (Lipinski definition) is 2. The highest BCUT2D eigenvalue weighted by Crippen LogP contribution is 2.28. The molecule has 1 aromatic carbocycles. The Morgan fingerprint density at radius 3 is 3.20 bits per heavy atom. The van der Waals surface area contributed by atoms with Gasteiger partial charge in [0.15, 0.2) is 0 Å². The molecule has 82 valence electrons. The van der Waals surface area contributed by atoms with Crippen molar-refractivity contribution >= 4 is 11.6 Å². The maximum Gasteiger partial charge on any atom is 0.0453 e. The molecule has 0 aromatic heterocycles. The van der Waals surface area contributed by atoms with E-state index in [1.807, 2.05) is 12.1 Å². The third kappa shape index (κ3) is 2.33. The zero-order chi connectivity index (χ0) is 10.7. The van der Waals surface area contributed by atoms with Crippen molar-refractivity contribution < 1.29 is 0 Å². The maximum atomic E-state index is 6.18. The van der Waals surface area contributed by atoms with E-state index in [9.17, 15) is 0 Å². The monoisotopic (exact) mass is 224 g/mol. The van der Waals surface area contributed by atoms with Crippen molar-refractivity contribution in [3.63, 3.8) is 0 Å². The second-order valence-corrected chi connectivity index (χ2v) is 4.35. The number of hydrogen-bond donors (Lipinski definition) is 2. The molecule has 0 saturated heterocycles. The molecule has 2 nitrogen and oxygen atoms in total. The largest absolute Gasteiger partial charge is 0.316 e. The summed E-state index contributed by atoms with van der Waals surface area (Å²) in [7, 11) is 0. The predicted octanol–water partition coefficient (Wildman–Crippen LogP) is 2.14. The lowest BCUT2D eigenvalue weighted by Gasteiger charge is -2.27. The van der Waals surface area contributed by atoms with E-state index in [1.165, 1.54) is 11.1 Å². The minimum Gasteiger partial charge on any atom is -0.316 e. The zero-order valence-electron chi connectivity index (χ0n) is 9.02. The van der Waals surface area contributed by atoms with Crippen molar-refractivity contribution in [2.24, 2.45) is 0 Å². The van der Waals surface area contributed by atoms with Crippen molar-refractivity contribution in [3.05, 3.63) is 34.3 Å². The third-order valence-electron chi connectivity index (χ3n) is 2.93. The van der Waals surface area contributed by atoms with Gasteiger partial charge in [0.25, 0.3) is 0 Å². The lowest BCUT2D eigenvalue weighted by atomic mass is 9.91. The number of nitrogens with one attached hydrogen (secondary N) is 2. The summed E-state index contributed by atoms with van der Waals surface area (Å²) in [6, 6.07) is 6.22. The molecule has 3 heteroatoms. The highest BCUT2D eigenvalue weighted by atomic mass is 35.5. The van der Waals surface area contributed by atoms with Crippen LogP contribution >= 0.6 is 11.6 Å². The summed E-state index contributed by atoms with van der Waals surface area (Å²) in [6.07, 6.45) is 0. The van der Waals surface area contributed by atoms with Crippen LogP contribution in [0.15, 0.2) is 18.2 Å². The van der Waals surface area contributed by atoms with E-state index in [4.69, 9.17) is 11.6 Å². The molecule has 1 aliphatic rings. The van der Waals surface area contributed by atoms with E-state index in [-0.39, 0.29) is 0 Å². The highest BCUT2D eigenvalue weighted by molar-refractivity contribution is 6.31. The molecule has 0 bridgehead atoms. The van der Waals surface area contributed by atoms with Gasteiger partial charge in [-0.3, -0.25) is 0 Å². The van der Waals surface area contributed by atoms with Crippen molar-refractivity contribution in [3.8, 4) is 0 Å². The molecule has 1 heterocycles. The number of rotatable bonds is 3. The number of fused-ring (bicyclic) bond motifs is 1. The fraction of sp³-hybridized carbons (Fsp3) is 0.500. The average molecular weight is 225 g/mol. The van der Waals surface area contributed by atoms with Crippen LogP contribution in [-0.2, 0) is 6.54 Å². The van der Waals surface area contributed by atoms with Gasteiger partial charge in [-0.25, -0.2) is 0 Å². The van der Waals surface area contributed by atoms with Gasteiger partial charge in [-0.05, 0) is 23.7 Å². The summed E-state index contributed by atoms with van der Waals surface area (Å²) >= 11 is 6.18. The summed E-state index contributed by atoms with van der Waals surface area (Å²) in [5.74, 6) is 0.549. The van der Waals surface area contributed by atoms with Gasteiger partial charge in [0.05, 0.1) is 0 Å². The standard InChI is InChI=1S/C12H17ClN2/c1-2-14-6-9-7-15-8-11-10(9)4-3-5-12(11)13/h3-5,9,14-15H,2,6-8H2,1H3. The summed E-state index contributed by atoms with van der Waals surface area (Å²) in [6.45, 7) is 6.12. The molecule has 0 spiro atoms. The van der Waals surface area contributed by atoms with Crippen LogP contribution in [0.4, 0.5) is 0 Å². The van der Waals surface area contributed by atoms with Crippen molar-refractivity contribution in [2.45, 2.75) is 19.4 Å². The summed E-state index contributed by atoms with van der Waals surface area (Å²) in [5, 5.41) is 7.70. The predicted molar refractivity (Wildman–Crippen MR) is 64.4 cm³/mol. The Balaban J connectivity index is 2.22. The molecule has 0 radical (unpaired) electrons. The molecule has 2 N–H and O–H groups in total. The topological polar surface area (TPSA) is 24.1 Å². The van der Waals surface area contributed by atoms with Gasteiger partial charge in [0, 0.05) is 30.6 Å². The number of halogens is 1. The van der Waals surface area contributed by atoms with E-state index in [0.29, 0.717) is 5.92 Å². The zero-order valence-corrected chi connectivity index (χ0v) is 9.77. The Bertz CT molecular complexity index is 338. The molecular weight excluding hydrogens is 208 g/mol. The average Bonchev–Trinajstić information content (AvgIpc) is 2.27. The molecule has 1 aliphatic heterocycles. The number of likely N-dealkylation sites (N-methyl/N-ethyl adjacent to an activating group) is 1. The van der Waals surface area contributed by atoms with Crippen molar-refractivity contribution in [1.29, 1.82) is 0 Å². The lowest BCUT2D eigenvalue weighted by Crippen LogP contribution is -2.34. The lowest BCUT2D eigenvalue weighted by molar-refractivity contribution is 0.510. The molecule has 1 atom stereocenters. The Kier molecular flexibility index (Phi) is 3.62. The Morgan fingerprint density at radius 1 is 1.53 bits per heavy atom. The minimum absolute atomic E-state index is 0.549. The van der Waals surface area contributed by atoms with Gasteiger partial charge >= 0.3 is 0 Å². The SMILES string of the molecule is CCNCC1CNCc2c(Cl)cccc21. The second kappa shape index (κ2) is 4.97. The normalized spacial score (nSPS) is 20.0. The fourth-order valence-electron chi connectivity index (χ4n) is 2.13. The Hall–Kier alpha value is -0.570. The van der Waals surface area contributed by atoms with E-state index in [2.05, 4.69) is 23.6 Å². The van der Waals surface area contributed by atoms with Crippen LogP contribution in [-0.4, -0.2) is 19.6 Å². The Morgan fingerprint density at radius 2 is 2.40 bits per heavy atom. The maximum absolute atomic E-state index is 6.18. The summed E-state index contributed by atoms with van der Waals surface area (Å²) in [5.41, 5.74) is 2.68. The van der Waals surface area contributed by atoms with E-state index >= 15 is 0 Å². The van der Waals surface area contributed by atoms with Gasteiger partial charge in [-0.15, -0.1) is 0 Å². The van der Waals surface area contributed by atoms with Crippen molar-refractivity contribution in [2.75, 3.05) is 19.6 Å².